The predicted molar refractivity (Wildman–Crippen MR) is 67.1 cm³/mol. The van der Waals surface area contributed by atoms with E-state index in [-0.39, 0.29) is 17.6 Å². The van der Waals surface area contributed by atoms with Gasteiger partial charge in [0.25, 0.3) is 0 Å². The van der Waals surface area contributed by atoms with Gasteiger partial charge in [0.15, 0.2) is 0 Å². The second kappa shape index (κ2) is 6.12. The third-order valence-corrected chi connectivity index (χ3v) is 3.54. The van der Waals surface area contributed by atoms with Crippen molar-refractivity contribution >= 4 is 9.84 Å². The van der Waals surface area contributed by atoms with Gasteiger partial charge in [0.05, 0.1) is 5.75 Å². The fourth-order valence-electron chi connectivity index (χ4n) is 1.52. The van der Waals surface area contributed by atoms with Gasteiger partial charge in [-0.2, -0.15) is 0 Å². The number of sulfone groups is 1. The van der Waals surface area contributed by atoms with Gasteiger partial charge in [-0.05, 0) is 37.6 Å². The molecule has 0 amide bonds. The minimum atomic E-state index is -2.88. The molecule has 0 saturated heterocycles. The van der Waals surface area contributed by atoms with E-state index < -0.39 is 9.84 Å². The van der Waals surface area contributed by atoms with Gasteiger partial charge < -0.3 is 5.32 Å². The van der Waals surface area contributed by atoms with Gasteiger partial charge in [-0.15, -0.1) is 0 Å². The molecular formula is C12H18FNO2S. The van der Waals surface area contributed by atoms with Crippen molar-refractivity contribution in [2.75, 3.05) is 18.6 Å². The summed E-state index contributed by atoms with van der Waals surface area (Å²) in [5, 5.41) is 3.20. The van der Waals surface area contributed by atoms with Gasteiger partial charge in [0.2, 0.25) is 0 Å². The molecule has 0 fully saturated rings. The molecule has 0 saturated carbocycles. The largest absolute Gasteiger partial charge is 0.310 e. The number of rotatable bonds is 6. The highest BCUT2D eigenvalue weighted by Crippen LogP contribution is 2.12. The standard InChI is InChI=1S/C12H18FNO2S/c1-10(11-4-6-12(13)7-5-11)14-8-3-9-17(2,15)16/h4-7,10,14H,3,8-9H2,1-2H3/t10-/m1/s1. The summed E-state index contributed by atoms with van der Waals surface area (Å²) in [6, 6.07) is 6.39. The first kappa shape index (κ1) is 14.1. The van der Waals surface area contributed by atoms with E-state index in [4.69, 9.17) is 0 Å². The summed E-state index contributed by atoms with van der Waals surface area (Å²) in [5.41, 5.74) is 0.991. The molecule has 1 aromatic rings. The first-order valence-electron chi connectivity index (χ1n) is 5.55. The summed E-state index contributed by atoms with van der Waals surface area (Å²) in [6.07, 6.45) is 1.82. The highest BCUT2D eigenvalue weighted by Gasteiger charge is 2.06. The maximum atomic E-state index is 12.7. The van der Waals surface area contributed by atoms with Crippen LogP contribution < -0.4 is 5.32 Å². The van der Waals surface area contributed by atoms with Crippen LogP contribution in [0.4, 0.5) is 4.39 Å². The maximum absolute atomic E-state index is 12.7. The quantitative estimate of drug-likeness (QED) is 0.794. The summed E-state index contributed by atoms with van der Waals surface area (Å²) >= 11 is 0. The Hall–Kier alpha value is -0.940. The predicted octanol–water partition coefficient (Wildman–Crippen LogP) is 1.91. The fourth-order valence-corrected chi connectivity index (χ4v) is 2.19. The van der Waals surface area contributed by atoms with Crippen LogP contribution in [0.5, 0.6) is 0 Å². The lowest BCUT2D eigenvalue weighted by atomic mass is 10.1. The van der Waals surface area contributed by atoms with Gasteiger partial charge in [-0.3, -0.25) is 0 Å². The maximum Gasteiger partial charge on any atom is 0.147 e. The monoisotopic (exact) mass is 259 g/mol. The Morgan fingerprint density at radius 3 is 2.41 bits per heavy atom. The highest BCUT2D eigenvalue weighted by atomic mass is 32.2. The lowest BCUT2D eigenvalue weighted by Gasteiger charge is -2.13. The number of hydrogen-bond donors (Lipinski definition) is 1. The number of nitrogens with one attached hydrogen (secondary N) is 1. The van der Waals surface area contributed by atoms with Crippen molar-refractivity contribution in [3.63, 3.8) is 0 Å². The minimum Gasteiger partial charge on any atom is -0.310 e. The van der Waals surface area contributed by atoms with Crippen molar-refractivity contribution in [2.45, 2.75) is 19.4 Å². The van der Waals surface area contributed by atoms with E-state index in [2.05, 4.69) is 5.32 Å². The van der Waals surface area contributed by atoms with Crippen LogP contribution in [0.2, 0.25) is 0 Å². The van der Waals surface area contributed by atoms with E-state index in [0.29, 0.717) is 13.0 Å². The zero-order valence-corrected chi connectivity index (χ0v) is 10.9. The summed E-state index contributed by atoms with van der Waals surface area (Å²) in [5.74, 6) is -0.0612. The van der Waals surface area contributed by atoms with Crippen LogP contribution in [0.15, 0.2) is 24.3 Å². The molecule has 0 heterocycles. The van der Waals surface area contributed by atoms with Crippen molar-refractivity contribution in [3.05, 3.63) is 35.6 Å². The fraction of sp³-hybridized carbons (Fsp3) is 0.500. The molecule has 1 N–H and O–H groups in total. The first-order valence-corrected chi connectivity index (χ1v) is 7.61. The Balaban J connectivity index is 2.35. The third-order valence-electron chi connectivity index (χ3n) is 2.51. The molecule has 0 aliphatic rings. The zero-order chi connectivity index (χ0) is 12.9. The van der Waals surface area contributed by atoms with E-state index in [1.807, 2.05) is 6.92 Å². The van der Waals surface area contributed by atoms with E-state index in [9.17, 15) is 12.8 Å². The second-order valence-corrected chi connectivity index (χ2v) is 6.47. The van der Waals surface area contributed by atoms with Crippen molar-refractivity contribution in [1.29, 1.82) is 0 Å². The molecule has 1 aromatic carbocycles. The molecule has 0 unspecified atom stereocenters. The van der Waals surface area contributed by atoms with Crippen LogP contribution >= 0.6 is 0 Å². The molecule has 0 bridgehead atoms. The van der Waals surface area contributed by atoms with Crippen LogP contribution in [0.25, 0.3) is 0 Å². The van der Waals surface area contributed by atoms with E-state index in [0.717, 1.165) is 5.56 Å². The average Bonchev–Trinajstić information content (AvgIpc) is 2.24. The lowest BCUT2D eigenvalue weighted by Crippen LogP contribution is -2.21. The summed E-state index contributed by atoms with van der Waals surface area (Å²) in [7, 11) is -2.88. The molecular weight excluding hydrogens is 241 g/mol. The Morgan fingerprint density at radius 2 is 1.88 bits per heavy atom. The molecule has 3 nitrogen and oxygen atoms in total. The molecule has 96 valence electrons. The number of benzene rings is 1. The van der Waals surface area contributed by atoms with Crippen molar-refractivity contribution in [1.82, 2.24) is 5.32 Å². The summed E-state index contributed by atoms with van der Waals surface area (Å²) < 4.78 is 34.5. The minimum absolute atomic E-state index is 0.0927. The molecule has 0 aromatic heterocycles. The van der Waals surface area contributed by atoms with Crippen LogP contribution in [0.3, 0.4) is 0 Å². The average molecular weight is 259 g/mol. The van der Waals surface area contributed by atoms with Crippen molar-refractivity contribution in [2.24, 2.45) is 0 Å². The molecule has 17 heavy (non-hydrogen) atoms. The van der Waals surface area contributed by atoms with Crippen LogP contribution in [0.1, 0.15) is 24.9 Å². The van der Waals surface area contributed by atoms with Gasteiger partial charge >= 0.3 is 0 Å². The summed E-state index contributed by atoms with van der Waals surface area (Å²) in [6.45, 7) is 2.60. The van der Waals surface area contributed by atoms with Crippen LogP contribution in [-0.4, -0.2) is 27.0 Å². The topological polar surface area (TPSA) is 46.2 Å². The zero-order valence-electron chi connectivity index (χ0n) is 10.1. The van der Waals surface area contributed by atoms with Gasteiger partial charge in [0.1, 0.15) is 15.7 Å². The summed E-state index contributed by atoms with van der Waals surface area (Å²) in [4.78, 5) is 0. The van der Waals surface area contributed by atoms with Gasteiger partial charge in [-0.1, -0.05) is 12.1 Å². The Labute approximate surface area is 102 Å². The van der Waals surface area contributed by atoms with Gasteiger partial charge in [0, 0.05) is 12.3 Å². The molecule has 0 aliphatic carbocycles. The number of halogens is 1. The molecule has 0 radical (unpaired) electrons. The Morgan fingerprint density at radius 1 is 1.29 bits per heavy atom. The van der Waals surface area contributed by atoms with E-state index in [1.165, 1.54) is 18.4 Å². The van der Waals surface area contributed by atoms with Crippen LogP contribution in [0, 0.1) is 5.82 Å². The lowest BCUT2D eigenvalue weighted by molar-refractivity contribution is 0.560. The highest BCUT2D eigenvalue weighted by molar-refractivity contribution is 7.90. The second-order valence-electron chi connectivity index (χ2n) is 4.21. The third kappa shape index (κ3) is 5.79. The molecule has 5 heteroatoms. The van der Waals surface area contributed by atoms with E-state index in [1.54, 1.807) is 12.1 Å². The van der Waals surface area contributed by atoms with Crippen molar-refractivity contribution in [3.8, 4) is 0 Å². The molecule has 1 rings (SSSR count). The normalized spacial score (nSPS) is 13.6. The van der Waals surface area contributed by atoms with Gasteiger partial charge in [-0.25, -0.2) is 12.8 Å². The van der Waals surface area contributed by atoms with E-state index >= 15 is 0 Å². The molecule has 0 spiro atoms. The van der Waals surface area contributed by atoms with Crippen LogP contribution in [-0.2, 0) is 9.84 Å². The van der Waals surface area contributed by atoms with Crippen molar-refractivity contribution < 1.29 is 12.8 Å². The molecule has 0 aliphatic heterocycles. The Bertz CT molecular complexity index is 442. The SMILES string of the molecule is C[C@@H](NCCCS(C)(=O)=O)c1ccc(F)cc1. The molecule has 1 atom stereocenters. The smallest absolute Gasteiger partial charge is 0.147 e. The Kier molecular flexibility index (Phi) is 5.08. The number of hydrogen-bond acceptors (Lipinski definition) is 3. The first-order chi connectivity index (χ1) is 7.88.